The zero-order chi connectivity index (χ0) is 9.97. The van der Waals surface area contributed by atoms with Gasteiger partial charge in [-0.05, 0) is 19.1 Å². The molecule has 0 saturated heterocycles. The molecule has 0 aliphatic rings. The van der Waals surface area contributed by atoms with Gasteiger partial charge in [-0.3, -0.25) is 0 Å². The molecule has 1 unspecified atom stereocenters. The van der Waals surface area contributed by atoms with Crippen molar-refractivity contribution in [2.75, 3.05) is 5.32 Å². The van der Waals surface area contributed by atoms with Crippen molar-refractivity contribution in [3.05, 3.63) is 24.3 Å². The number of fused-ring (bicyclic) bond motifs is 1. The molecular weight excluding hydrogens is 176 g/mol. The van der Waals surface area contributed by atoms with Crippen LogP contribution in [0.5, 0.6) is 0 Å². The Morgan fingerprint density at radius 2 is 2.29 bits per heavy atom. The quantitative estimate of drug-likeness (QED) is 0.731. The molecule has 0 aliphatic carbocycles. The van der Waals surface area contributed by atoms with E-state index in [1.165, 1.54) is 0 Å². The van der Waals surface area contributed by atoms with Crippen LogP contribution in [0.2, 0.25) is 0 Å². The van der Waals surface area contributed by atoms with Gasteiger partial charge in [0.25, 0.3) is 6.01 Å². The summed E-state index contributed by atoms with van der Waals surface area (Å²) in [5.41, 5.74) is 1.60. The van der Waals surface area contributed by atoms with Crippen molar-refractivity contribution in [3.63, 3.8) is 0 Å². The fraction of sp³-hybridized carbons (Fsp3) is 0.182. The first kappa shape index (κ1) is 8.64. The van der Waals surface area contributed by atoms with E-state index in [4.69, 9.17) is 10.8 Å². The van der Waals surface area contributed by atoms with Crippen LogP contribution in [-0.4, -0.2) is 11.0 Å². The van der Waals surface area contributed by atoms with Gasteiger partial charge in [-0.15, -0.1) is 6.42 Å². The Morgan fingerprint density at radius 3 is 3.00 bits per heavy atom. The lowest BCUT2D eigenvalue weighted by Gasteiger charge is -2.02. The van der Waals surface area contributed by atoms with Gasteiger partial charge in [0.05, 0.1) is 6.04 Å². The molecule has 2 rings (SSSR count). The highest BCUT2D eigenvalue weighted by molar-refractivity contribution is 5.74. The van der Waals surface area contributed by atoms with Crippen LogP contribution in [0.25, 0.3) is 11.1 Å². The average Bonchev–Trinajstić information content (AvgIpc) is 2.59. The number of para-hydroxylation sites is 2. The zero-order valence-electron chi connectivity index (χ0n) is 7.82. The van der Waals surface area contributed by atoms with Crippen LogP contribution in [0, 0.1) is 12.3 Å². The zero-order valence-corrected chi connectivity index (χ0v) is 7.82. The normalized spacial score (nSPS) is 12.3. The molecule has 1 N–H and O–H groups in total. The van der Waals surface area contributed by atoms with Crippen LogP contribution in [0.4, 0.5) is 6.01 Å². The first-order valence-corrected chi connectivity index (χ1v) is 4.38. The molecule has 70 valence electrons. The number of rotatable bonds is 2. The molecule has 0 spiro atoms. The number of nitrogens with one attached hydrogen (secondary N) is 1. The third kappa shape index (κ3) is 1.55. The van der Waals surface area contributed by atoms with Gasteiger partial charge in [-0.1, -0.05) is 18.1 Å². The van der Waals surface area contributed by atoms with Gasteiger partial charge in [0.1, 0.15) is 5.52 Å². The summed E-state index contributed by atoms with van der Waals surface area (Å²) >= 11 is 0. The van der Waals surface area contributed by atoms with E-state index in [9.17, 15) is 0 Å². The Labute approximate surface area is 82.1 Å². The van der Waals surface area contributed by atoms with Crippen molar-refractivity contribution >= 4 is 17.1 Å². The van der Waals surface area contributed by atoms with Crippen molar-refractivity contribution in [2.45, 2.75) is 13.0 Å². The highest BCUT2D eigenvalue weighted by Crippen LogP contribution is 2.18. The highest BCUT2D eigenvalue weighted by Gasteiger charge is 2.05. The molecule has 1 heterocycles. The predicted molar refractivity (Wildman–Crippen MR) is 55.9 cm³/mol. The molecule has 14 heavy (non-hydrogen) atoms. The SMILES string of the molecule is C#CC(C)Nc1nc2ccccc2o1. The lowest BCUT2D eigenvalue weighted by Crippen LogP contribution is -2.11. The summed E-state index contributed by atoms with van der Waals surface area (Å²) in [6, 6.07) is 7.97. The first-order valence-electron chi connectivity index (χ1n) is 4.38. The van der Waals surface area contributed by atoms with Crippen LogP contribution < -0.4 is 5.32 Å². The molecule has 2 aromatic rings. The van der Waals surface area contributed by atoms with E-state index in [2.05, 4.69) is 16.2 Å². The fourth-order valence-corrected chi connectivity index (χ4v) is 1.16. The van der Waals surface area contributed by atoms with Crippen molar-refractivity contribution in [2.24, 2.45) is 0 Å². The van der Waals surface area contributed by atoms with Gasteiger partial charge < -0.3 is 9.73 Å². The molecule has 0 saturated carbocycles. The minimum Gasteiger partial charge on any atom is -0.424 e. The lowest BCUT2D eigenvalue weighted by molar-refractivity contribution is 0.611. The number of nitrogens with zero attached hydrogens (tertiary/aromatic N) is 1. The molecular formula is C11H10N2O. The Hall–Kier alpha value is -1.95. The molecule has 1 aromatic heterocycles. The predicted octanol–water partition coefficient (Wildman–Crippen LogP) is 2.26. The molecule has 3 nitrogen and oxygen atoms in total. The number of terminal acetylenes is 1. The summed E-state index contributed by atoms with van der Waals surface area (Å²) in [4.78, 5) is 4.23. The summed E-state index contributed by atoms with van der Waals surface area (Å²) in [5.74, 6) is 2.55. The molecule has 0 bridgehead atoms. The van der Waals surface area contributed by atoms with E-state index in [1.54, 1.807) is 0 Å². The van der Waals surface area contributed by atoms with Crippen LogP contribution in [0.1, 0.15) is 6.92 Å². The molecule has 0 aliphatic heterocycles. The fourth-order valence-electron chi connectivity index (χ4n) is 1.16. The Morgan fingerprint density at radius 1 is 1.50 bits per heavy atom. The maximum absolute atomic E-state index is 5.42. The molecule has 1 atom stereocenters. The topological polar surface area (TPSA) is 38.1 Å². The third-order valence-corrected chi connectivity index (χ3v) is 1.88. The number of oxazole rings is 1. The van der Waals surface area contributed by atoms with Crippen molar-refractivity contribution in [1.29, 1.82) is 0 Å². The lowest BCUT2D eigenvalue weighted by atomic mass is 10.3. The molecule has 3 heteroatoms. The second-order valence-corrected chi connectivity index (χ2v) is 3.02. The summed E-state index contributed by atoms with van der Waals surface area (Å²) in [7, 11) is 0. The van der Waals surface area contributed by atoms with Crippen molar-refractivity contribution in [3.8, 4) is 12.3 Å². The first-order chi connectivity index (χ1) is 6.79. The van der Waals surface area contributed by atoms with E-state index in [-0.39, 0.29) is 6.04 Å². The minimum absolute atomic E-state index is 0.0805. The number of hydrogen-bond donors (Lipinski definition) is 1. The molecule has 0 fully saturated rings. The monoisotopic (exact) mass is 186 g/mol. The van der Waals surface area contributed by atoms with E-state index in [1.807, 2.05) is 31.2 Å². The Balaban J connectivity index is 2.32. The largest absolute Gasteiger partial charge is 0.424 e. The molecule has 0 amide bonds. The standard InChI is InChI=1S/C11H10N2O/c1-3-8(2)12-11-13-9-6-4-5-7-10(9)14-11/h1,4-8H,2H3,(H,12,13). The van der Waals surface area contributed by atoms with Crippen LogP contribution in [-0.2, 0) is 0 Å². The molecule has 0 radical (unpaired) electrons. The van der Waals surface area contributed by atoms with Crippen molar-refractivity contribution in [1.82, 2.24) is 4.98 Å². The van der Waals surface area contributed by atoms with E-state index < -0.39 is 0 Å². The summed E-state index contributed by atoms with van der Waals surface area (Å²) in [5, 5.41) is 2.97. The van der Waals surface area contributed by atoms with Crippen LogP contribution >= 0.6 is 0 Å². The Kier molecular flexibility index (Phi) is 2.11. The number of aromatic nitrogens is 1. The van der Waals surface area contributed by atoms with Gasteiger partial charge in [0.2, 0.25) is 0 Å². The summed E-state index contributed by atoms with van der Waals surface area (Å²) in [6.45, 7) is 1.87. The molecule has 1 aromatic carbocycles. The maximum Gasteiger partial charge on any atom is 0.296 e. The van der Waals surface area contributed by atoms with Gasteiger partial charge >= 0.3 is 0 Å². The van der Waals surface area contributed by atoms with Crippen LogP contribution in [0.15, 0.2) is 28.7 Å². The second-order valence-electron chi connectivity index (χ2n) is 3.02. The minimum atomic E-state index is -0.0805. The summed E-state index contributed by atoms with van der Waals surface area (Å²) in [6.07, 6.45) is 5.23. The van der Waals surface area contributed by atoms with E-state index >= 15 is 0 Å². The van der Waals surface area contributed by atoms with Gasteiger partial charge in [-0.2, -0.15) is 4.98 Å². The maximum atomic E-state index is 5.42. The van der Waals surface area contributed by atoms with Gasteiger partial charge in [-0.25, -0.2) is 0 Å². The van der Waals surface area contributed by atoms with Gasteiger partial charge in [0.15, 0.2) is 5.58 Å². The van der Waals surface area contributed by atoms with Crippen molar-refractivity contribution < 1.29 is 4.42 Å². The number of benzene rings is 1. The van der Waals surface area contributed by atoms with E-state index in [0.29, 0.717) is 6.01 Å². The summed E-state index contributed by atoms with van der Waals surface area (Å²) < 4.78 is 5.42. The highest BCUT2D eigenvalue weighted by atomic mass is 16.4. The third-order valence-electron chi connectivity index (χ3n) is 1.88. The van der Waals surface area contributed by atoms with E-state index in [0.717, 1.165) is 11.1 Å². The smallest absolute Gasteiger partial charge is 0.296 e. The van der Waals surface area contributed by atoms with Gasteiger partial charge in [0, 0.05) is 0 Å². The second kappa shape index (κ2) is 3.43. The number of hydrogen-bond acceptors (Lipinski definition) is 3. The van der Waals surface area contributed by atoms with Crippen LogP contribution in [0.3, 0.4) is 0 Å². The number of anilines is 1. The Bertz CT molecular complexity index is 448. The average molecular weight is 186 g/mol.